The highest BCUT2D eigenvalue weighted by atomic mass is 32.1. The van der Waals surface area contributed by atoms with Gasteiger partial charge in [0, 0.05) is 23.7 Å². The molecule has 5 nitrogen and oxygen atoms in total. The fourth-order valence-corrected chi connectivity index (χ4v) is 3.32. The number of hydrogen-bond acceptors (Lipinski definition) is 4. The highest BCUT2D eigenvalue weighted by molar-refractivity contribution is 7.21. The summed E-state index contributed by atoms with van der Waals surface area (Å²) in [6.07, 6.45) is 0. The Balaban J connectivity index is 2.40. The summed E-state index contributed by atoms with van der Waals surface area (Å²) in [6.45, 7) is 4.33. The average molecular weight is 305 g/mol. The largest absolute Gasteiger partial charge is 0.397 e. The van der Waals surface area contributed by atoms with E-state index in [1.54, 1.807) is 7.05 Å². The fourth-order valence-electron chi connectivity index (χ4n) is 2.16. The van der Waals surface area contributed by atoms with Crippen molar-refractivity contribution in [2.24, 2.45) is 0 Å². The number of thiophene rings is 1. The first-order valence-electron chi connectivity index (χ1n) is 6.77. The van der Waals surface area contributed by atoms with E-state index in [0.29, 0.717) is 17.1 Å². The first kappa shape index (κ1) is 15.3. The van der Waals surface area contributed by atoms with E-state index in [4.69, 9.17) is 5.73 Å². The molecule has 1 aromatic carbocycles. The van der Waals surface area contributed by atoms with Gasteiger partial charge in [-0.15, -0.1) is 11.3 Å². The van der Waals surface area contributed by atoms with E-state index in [1.807, 2.05) is 32.0 Å². The zero-order valence-electron chi connectivity index (χ0n) is 12.4. The standard InChI is InChI=1S/C15H19N3O2S/c1-4-18(8-11(19)17-3)15(20)14-12(16)10-7-5-6-9(2)13(10)21-14/h5-7H,4,8,16H2,1-3H3,(H,17,19). The van der Waals surface area contributed by atoms with Crippen LogP contribution in [-0.4, -0.2) is 36.9 Å². The summed E-state index contributed by atoms with van der Waals surface area (Å²) in [5.74, 6) is -0.389. The third-order valence-electron chi connectivity index (χ3n) is 3.43. The minimum Gasteiger partial charge on any atom is -0.397 e. The Kier molecular flexibility index (Phi) is 4.47. The summed E-state index contributed by atoms with van der Waals surface area (Å²) in [5, 5.41) is 3.43. The number of hydrogen-bond donors (Lipinski definition) is 2. The predicted molar refractivity (Wildman–Crippen MR) is 86.6 cm³/mol. The van der Waals surface area contributed by atoms with Crippen LogP contribution in [0.4, 0.5) is 5.69 Å². The molecule has 3 N–H and O–H groups in total. The number of anilines is 1. The predicted octanol–water partition coefficient (Wildman–Crippen LogP) is 2.00. The fraction of sp³-hybridized carbons (Fsp3) is 0.333. The van der Waals surface area contributed by atoms with E-state index < -0.39 is 0 Å². The molecular formula is C15H19N3O2S. The van der Waals surface area contributed by atoms with Gasteiger partial charge in [0.2, 0.25) is 5.91 Å². The van der Waals surface area contributed by atoms with Crippen LogP contribution >= 0.6 is 11.3 Å². The zero-order chi connectivity index (χ0) is 15.6. The molecule has 0 aliphatic carbocycles. The maximum Gasteiger partial charge on any atom is 0.266 e. The summed E-state index contributed by atoms with van der Waals surface area (Å²) >= 11 is 1.39. The summed E-state index contributed by atoms with van der Waals surface area (Å²) in [4.78, 5) is 26.1. The number of amides is 2. The van der Waals surface area contributed by atoms with Gasteiger partial charge in [-0.05, 0) is 19.4 Å². The Morgan fingerprint density at radius 2 is 2.10 bits per heavy atom. The van der Waals surface area contributed by atoms with Crippen molar-refractivity contribution in [3.8, 4) is 0 Å². The van der Waals surface area contributed by atoms with Crippen LogP contribution < -0.4 is 11.1 Å². The van der Waals surface area contributed by atoms with Crippen LogP contribution in [0.3, 0.4) is 0 Å². The second kappa shape index (κ2) is 6.13. The van der Waals surface area contributed by atoms with Crippen molar-refractivity contribution in [2.45, 2.75) is 13.8 Å². The van der Waals surface area contributed by atoms with Crippen molar-refractivity contribution < 1.29 is 9.59 Å². The van der Waals surface area contributed by atoms with Gasteiger partial charge in [0.1, 0.15) is 4.88 Å². The minimum atomic E-state index is -0.195. The molecule has 2 rings (SSSR count). The molecule has 112 valence electrons. The van der Waals surface area contributed by atoms with Crippen molar-refractivity contribution in [1.82, 2.24) is 10.2 Å². The molecule has 0 spiro atoms. The highest BCUT2D eigenvalue weighted by Gasteiger charge is 2.23. The number of fused-ring (bicyclic) bond motifs is 1. The van der Waals surface area contributed by atoms with Gasteiger partial charge < -0.3 is 16.0 Å². The summed E-state index contributed by atoms with van der Waals surface area (Å²) in [6, 6.07) is 5.84. The molecule has 1 aromatic heterocycles. The molecule has 0 atom stereocenters. The van der Waals surface area contributed by atoms with Crippen molar-refractivity contribution >= 4 is 38.9 Å². The van der Waals surface area contributed by atoms with E-state index in [1.165, 1.54) is 16.2 Å². The zero-order valence-corrected chi connectivity index (χ0v) is 13.2. The van der Waals surface area contributed by atoms with E-state index in [2.05, 4.69) is 5.32 Å². The molecule has 0 radical (unpaired) electrons. The molecule has 0 aliphatic heterocycles. The van der Waals surface area contributed by atoms with Crippen molar-refractivity contribution in [3.63, 3.8) is 0 Å². The average Bonchev–Trinajstić information content (AvgIpc) is 2.82. The Labute approximate surface area is 127 Å². The molecule has 21 heavy (non-hydrogen) atoms. The van der Waals surface area contributed by atoms with Crippen LogP contribution in [0.25, 0.3) is 10.1 Å². The molecule has 2 amide bonds. The Hall–Kier alpha value is -2.08. The molecule has 1 heterocycles. The van der Waals surface area contributed by atoms with E-state index in [-0.39, 0.29) is 18.4 Å². The smallest absolute Gasteiger partial charge is 0.266 e. The summed E-state index contributed by atoms with van der Waals surface area (Å²) < 4.78 is 1.02. The minimum absolute atomic E-state index is 0.0402. The van der Waals surface area contributed by atoms with Crippen LogP contribution in [-0.2, 0) is 4.79 Å². The molecule has 0 unspecified atom stereocenters. The van der Waals surface area contributed by atoms with Gasteiger partial charge in [-0.1, -0.05) is 18.2 Å². The molecular weight excluding hydrogens is 286 g/mol. The normalized spacial score (nSPS) is 10.6. The van der Waals surface area contributed by atoms with Gasteiger partial charge in [0.25, 0.3) is 5.91 Å². The van der Waals surface area contributed by atoms with Gasteiger partial charge in [-0.25, -0.2) is 0 Å². The van der Waals surface area contributed by atoms with Crippen molar-refractivity contribution in [2.75, 3.05) is 25.9 Å². The van der Waals surface area contributed by atoms with Gasteiger partial charge in [-0.2, -0.15) is 0 Å². The molecule has 2 aromatic rings. The second-order valence-electron chi connectivity index (χ2n) is 4.79. The maximum atomic E-state index is 12.6. The lowest BCUT2D eigenvalue weighted by molar-refractivity contribution is -0.121. The molecule has 0 saturated heterocycles. The van der Waals surface area contributed by atoms with Crippen molar-refractivity contribution in [1.29, 1.82) is 0 Å². The maximum absolute atomic E-state index is 12.6. The first-order valence-corrected chi connectivity index (χ1v) is 7.58. The lowest BCUT2D eigenvalue weighted by Crippen LogP contribution is -2.39. The first-order chi connectivity index (χ1) is 9.99. The van der Waals surface area contributed by atoms with Gasteiger partial charge in [-0.3, -0.25) is 9.59 Å². The number of likely N-dealkylation sites (N-methyl/N-ethyl adjacent to an activating group) is 2. The van der Waals surface area contributed by atoms with Crippen LogP contribution in [0.15, 0.2) is 18.2 Å². The Morgan fingerprint density at radius 1 is 1.38 bits per heavy atom. The third-order valence-corrected chi connectivity index (χ3v) is 4.77. The van der Waals surface area contributed by atoms with Gasteiger partial charge in [0.05, 0.1) is 12.2 Å². The van der Waals surface area contributed by atoms with Crippen LogP contribution in [0.2, 0.25) is 0 Å². The number of rotatable bonds is 4. The quantitative estimate of drug-likeness (QED) is 0.907. The molecule has 0 saturated carbocycles. The molecule has 0 bridgehead atoms. The SMILES string of the molecule is CCN(CC(=O)NC)C(=O)c1sc2c(C)cccc2c1N. The number of nitrogens with zero attached hydrogens (tertiary/aromatic N) is 1. The highest BCUT2D eigenvalue weighted by Crippen LogP contribution is 2.36. The Morgan fingerprint density at radius 3 is 2.67 bits per heavy atom. The van der Waals surface area contributed by atoms with E-state index >= 15 is 0 Å². The van der Waals surface area contributed by atoms with Gasteiger partial charge in [0.15, 0.2) is 0 Å². The van der Waals surface area contributed by atoms with E-state index in [0.717, 1.165) is 15.6 Å². The van der Waals surface area contributed by atoms with E-state index in [9.17, 15) is 9.59 Å². The number of aryl methyl sites for hydroxylation is 1. The van der Waals surface area contributed by atoms with Crippen LogP contribution in [0, 0.1) is 6.92 Å². The van der Waals surface area contributed by atoms with Crippen LogP contribution in [0.1, 0.15) is 22.2 Å². The van der Waals surface area contributed by atoms with Gasteiger partial charge >= 0.3 is 0 Å². The Bertz CT molecular complexity index is 694. The third kappa shape index (κ3) is 2.85. The van der Waals surface area contributed by atoms with Crippen LogP contribution in [0.5, 0.6) is 0 Å². The lowest BCUT2D eigenvalue weighted by Gasteiger charge is -2.19. The number of benzene rings is 1. The number of nitrogens with one attached hydrogen (secondary N) is 1. The van der Waals surface area contributed by atoms with Crippen molar-refractivity contribution in [3.05, 3.63) is 28.6 Å². The number of carbonyl (C=O) groups is 2. The summed E-state index contributed by atoms with van der Waals surface area (Å²) in [5.41, 5.74) is 7.72. The number of nitrogen functional groups attached to an aromatic ring is 1. The lowest BCUT2D eigenvalue weighted by atomic mass is 10.1. The second-order valence-corrected chi connectivity index (χ2v) is 5.81. The summed E-state index contributed by atoms with van der Waals surface area (Å²) in [7, 11) is 1.55. The topological polar surface area (TPSA) is 75.4 Å². The molecule has 0 fully saturated rings. The molecule has 0 aliphatic rings. The monoisotopic (exact) mass is 305 g/mol. The molecule has 6 heteroatoms. The number of nitrogens with two attached hydrogens (primary N) is 1. The number of carbonyl (C=O) groups excluding carboxylic acids is 2.